The molecule has 0 fully saturated rings. The van der Waals surface area contributed by atoms with E-state index in [0.29, 0.717) is 19.3 Å². The van der Waals surface area contributed by atoms with Gasteiger partial charge in [0.15, 0.2) is 6.10 Å². The summed E-state index contributed by atoms with van der Waals surface area (Å²) in [5.74, 6) is -0.869. The minimum atomic E-state index is -0.782. The van der Waals surface area contributed by atoms with Crippen molar-refractivity contribution in [1.82, 2.24) is 0 Å². The van der Waals surface area contributed by atoms with E-state index in [0.717, 1.165) is 83.5 Å². The molecule has 0 bridgehead atoms. The third kappa shape index (κ3) is 67.9. The number of hydrogen-bond donors (Lipinski definition) is 0. The smallest absolute Gasteiger partial charge is 0.306 e. The second kappa shape index (κ2) is 70.6. The van der Waals surface area contributed by atoms with Crippen molar-refractivity contribution in [3.05, 3.63) is 60.8 Å². The van der Waals surface area contributed by atoms with Crippen LogP contribution >= 0.6 is 0 Å². The first-order valence-corrected chi connectivity index (χ1v) is 36.3. The predicted molar refractivity (Wildman–Crippen MR) is 358 cm³/mol. The van der Waals surface area contributed by atoms with Crippen LogP contribution in [-0.4, -0.2) is 37.2 Å². The Morgan fingerprint density at radius 1 is 0.244 bits per heavy atom. The first-order chi connectivity index (χ1) is 40.5. The van der Waals surface area contributed by atoms with E-state index in [-0.39, 0.29) is 31.1 Å². The van der Waals surface area contributed by atoms with Gasteiger partial charge < -0.3 is 14.2 Å². The Labute approximate surface area is 510 Å². The van der Waals surface area contributed by atoms with Gasteiger partial charge in [0, 0.05) is 19.3 Å². The van der Waals surface area contributed by atoms with Crippen molar-refractivity contribution in [2.75, 3.05) is 13.2 Å². The van der Waals surface area contributed by atoms with Gasteiger partial charge in [0.1, 0.15) is 13.2 Å². The zero-order valence-electron chi connectivity index (χ0n) is 55.0. The van der Waals surface area contributed by atoms with Crippen molar-refractivity contribution in [3.63, 3.8) is 0 Å². The van der Waals surface area contributed by atoms with E-state index in [2.05, 4.69) is 81.5 Å². The van der Waals surface area contributed by atoms with Crippen molar-refractivity contribution < 1.29 is 28.6 Å². The van der Waals surface area contributed by atoms with Crippen LogP contribution in [0.1, 0.15) is 387 Å². The summed E-state index contributed by atoms with van der Waals surface area (Å²) >= 11 is 0. The van der Waals surface area contributed by atoms with E-state index in [1.54, 1.807) is 0 Å². The molecule has 82 heavy (non-hydrogen) atoms. The van der Waals surface area contributed by atoms with Crippen molar-refractivity contribution in [2.24, 2.45) is 0 Å². The van der Waals surface area contributed by atoms with Gasteiger partial charge in [0.2, 0.25) is 0 Å². The number of hydrogen-bond acceptors (Lipinski definition) is 6. The van der Waals surface area contributed by atoms with Gasteiger partial charge in [0.05, 0.1) is 0 Å². The van der Waals surface area contributed by atoms with Crippen molar-refractivity contribution in [1.29, 1.82) is 0 Å². The lowest BCUT2D eigenvalue weighted by atomic mass is 10.0. The summed E-state index contributed by atoms with van der Waals surface area (Å²) in [6, 6.07) is 0. The van der Waals surface area contributed by atoms with E-state index < -0.39 is 6.10 Å². The zero-order valence-corrected chi connectivity index (χ0v) is 55.0. The number of carbonyl (C=O) groups excluding carboxylic acids is 3. The molecule has 0 saturated heterocycles. The lowest BCUT2D eigenvalue weighted by molar-refractivity contribution is -0.167. The van der Waals surface area contributed by atoms with Crippen LogP contribution in [-0.2, 0) is 28.6 Å². The second-order valence-electron chi connectivity index (χ2n) is 24.5. The minimum absolute atomic E-state index is 0.0763. The molecule has 1 unspecified atom stereocenters. The predicted octanol–water partition coefficient (Wildman–Crippen LogP) is 25.1. The third-order valence-electron chi connectivity index (χ3n) is 16.2. The molecule has 1 atom stereocenters. The summed E-state index contributed by atoms with van der Waals surface area (Å²) in [4.78, 5) is 38.4. The van der Waals surface area contributed by atoms with Crippen LogP contribution in [0.4, 0.5) is 0 Å². The van der Waals surface area contributed by atoms with E-state index in [1.165, 1.54) is 263 Å². The Morgan fingerprint density at radius 2 is 0.439 bits per heavy atom. The van der Waals surface area contributed by atoms with Crippen molar-refractivity contribution >= 4 is 17.9 Å². The van der Waals surface area contributed by atoms with E-state index >= 15 is 0 Å². The number of rotatable bonds is 67. The van der Waals surface area contributed by atoms with Crippen LogP contribution in [0.5, 0.6) is 0 Å². The highest BCUT2D eigenvalue weighted by Crippen LogP contribution is 2.18. The highest BCUT2D eigenvalue weighted by molar-refractivity contribution is 5.71. The molecule has 6 nitrogen and oxygen atoms in total. The normalized spacial score (nSPS) is 12.4. The Balaban J connectivity index is 4.21. The summed E-state index contributed by atoms with van der Waals surface area (Å²) in [5.41, 5.74) is 0. The summed E-state index contributed by atoms with van der Waals surface area (Å²) in [6.45, 7) is 6.65. The SMILES string of the molecule is CCCCC/C=C\C/C=C\CCCCCCCCCC(=O)OC(COC(=O)CCCCCCC/C=C\CCCCCCCCC)COC(=O)CCCCCCCCCCCCCCCCCCCCC/C=C\C/C=C\CCCCCCC. The summed E-state index contributed by atoms with van der Waals surface area (Å²) in [5, 5.41) is 0. The minimum Gasteiger partial charge on any atom is -0.462 e. The lowest BCUT2D eigenvalue weighted by Gasteiger charge is -2.18. The van der Waals surface area contributed by atoms with Crippen LogP contribution in [0.25, 0.3) is 0 Å². The van der Waals surface area contributed by atoms with Gasteiger partial charge in [-0.25, -0.2) is 0 Å². The van der Waals surface area contributed by atoms with Crippen LogP contribution < -0.4 is 0 Å². The molecule has 0 aliphatic heterocycles. The molecule has 0 spiro atoms. The highest BCUT2D eigenvalue weighted by atomic mass is 16.6. The maximum Gasteiger partial charge on any atom is 0.306 e. The molecular formula is C76H138O6. The van der Waals surface area contributed by atoms with E-state index in [1.807, 2.05) is 0 Å². The molecule has 0 aliphatic rings. The Kier molecular flexibility index (Phi) is 68.1. The molecule has 0 rings (SSSR count). The van der Waals surface area contributed by atoms with Gasteiger partial charge in [-0.15, -0.1) is 0 Å². The van der Waals surface area contributed by atoms with Crippen LogP contribution in [0.2, 0.25) is 0 Å². The maximum atomic E-state index is 12.9. The number of esters is 3. The Hall–Kier alpha value is -2.89. The average Bonchev–Trinajstić information content (AvgIpc) is 3.47. The van der Waals surface area contributed by atoms with Gasteiger partial charge >= 0.3 is 17.9 Å². The number of carbonyl (C=O) groups is 3. The highest BCUT2D eigenvalue weighted by Gasteiger charge is 2.19. The van der Waals surface area contributed by atoms with Crippen LogP contribution in [0.3, 0.4) is 0 Å². The summed E-state index contributed by atoms with van der Waals surface area (Å²) in [6.07, 6.45) is 91.1. The zero-order chi connectivity index (χ0) is 59.2. The Bertz CT molecular complexity index is 1460. The summed E-state index contributed by atoms with van der Waals surface area (Å²) < 4.78 is 17.0. The van der Waals surface area contributed by atoms with E-state index in [4.69, 9.17) is 14.2 Å². The monoisotopic (exact) mass is 1150 g/mol. The molecular weight excluding hydrogens is 1010 g/mol. The van der Waals surface area contributed by atoms with Crippen LogP contribution in [0.15, 0.2) is 60.8 Å². The molecule has 0 aromatic rings. The number of unbranched alkanes of at least 4 members (excludes halogenated alkanes) is 46. The molecule has 0 radical (unpaired) electrons. The average molecular weight is 1150 g/mol. The topological polar surface area (TPSA) is 78.9 Å². The third-order valence-corrected chi connectivity index (χ3v) is 16.2. The molecule has 0 aliphatic carbocycles. The number of ether oxygens (including phenoxy) is 3. The fourth-order valence-corrected chi connectivity index (χ4v) is 10.7. The molecule has 0 amide bonds. The lowest BCUT2D eigenvalue weighted by Crippen LogP contribution is -2.30. The molecule has 478 valence electrons. The molecule has 0 heterocycles. The molecule has 0 aromatic heterocycles. The van der Waals surface area contributed by atoms with Crippen molar-refractivity contribution in [3.8, 4) is 0 Å². The quantitative estimate of drug-likeness (QED) is 0.0261. The van der Waals surface area contributed by atoms with Gasteiger partial charge in [-0.1, -0.05) is 319 Å². The molecule has 0 saturated carbocycles. The standard InChI is InChI=1S/C76H138O6/c1-4-7-10-13-16-19-22-25-28-31-32-33-34-35-36-37-38-39-40-41-42-43-44-46-48-51-54-57-60-63-66-69-75(78)81-72-73(71-80-74(77)68-65-62-59-56-53-50-47-30-27-24-21-18-15-12-9-6-3)82-76(79)70-67-64-61-58-55-52-49-45-29-26-23-20-17-14-11-8-5-2/h17,20,22,25-26,29-32,47,73H,4-16,18-19,21,23-24,27-28,33-46,48-72H2,1-3H3/b20-17-,25-22-,29-26-,32-31-,47-30-. The molecule has 0 N–H and O–H groups in total. The first-order valence-electron chi connectivity index (χ1n) is 36.3. The summed E-state index contributed by atoms with van der Waals surface area (Å²) in [7, 11) is 0. The van der Waals surface area contributed by atoms with Gasteiger partial charge in [0.25, 0.3) is 0 Å². The van der Waals surface area contributed by atoms with Gasteiger partial charge in [-0.2, -0.15) is 0 Å². The molecule has 0 aromatic carbocycles. The second-order valence-corrected chi connectivity index (χ2v) is 24.5. The Morgan fingerprint density at radius 3 is 0.707 bits per heavy atom. The fraction of sp³-hybridized carbons (Fsp3) is 0.829. The molecule has 6 heteroatoms. The maximum absolute atomic E-state index is 12.9. The van der Waals surface area contributed by atoms with Gasteiger partial charge in [-0.3, -0.25) is 14.4 Å². The first kappa shape index (κ1) is 79.1. The van der Waals surface area contributed by atoms with Gasteiger partial charge in [-0.05, 0) is 109 Å². The largest absolute Gasteiger partial charge is 0.462 e. The van der Waals surface area contributed by atoms with Crippen molar-refractivity contribution in [2.45, 2.75) is 393 Å². The fourth-order valence-electron chi connectivity index (χ4n) is 10.7. The van der Waals surface area contributed by atoms with Crippen LogP contribution in [0, 0.1) is 0 Å². The van der Waals surface area contributed by atoms with E-state index in [9.17, 15) is 14.4 Å². The number of allylic oxidation sites excluding steroid dienone is 10.